The minimum Gasteiger partial charge on any atom is -0.310 e. The van der Waals surface area contributed by atoms with Gasteiger partial charge in [-0.05, 0) is 48.7 Å². The van der Waals surface area contributed by atoms with Crippen molar-refractivity contribution < 1.29 is 13.2 Å². The van der Waals surface area contributed by atoms with Crippen LogP contribution in [-0.2, 0) is 21.4 Å². The second-order valence-electron chi connectivity index (χ2n) is 7.23. The molecule has 2 aliphatic rings. The molecule has 2 aromatic carbocycles. The van der Waals surface area contributed by atoms with Crippen LogP contribution in [0.4, 0.5) is 5.69 Å². The average Bonchev–Trinajstić information content (AvgIpc) is 3.51. The molecular weight excluding hydrogens is 416 g/mol. The van der Waals surface area contributed by atoms with Crippen molar-refractivity contribution in [2.45, 2.75) is 41.4 Å². The van der Waals surface area contributed by atoms with Crippen molar-refractivity contribution in [3.05, 3.63) is 53.1 Å². The molecule has 0 spiro atoms. The van der Waals surface area contributed by atoms with E-state index in [1.165, 1.54) is 0 Å². The lowest BCUT2D eigenvalue weighted by Gasteiger charge is -2.33. The fourth-order valence-electron chi connectivity index (χ4n) is 3.21. The van der Waals surface area contributed by atoms with Gasteiger partial charge in [0.25, 0.3) is 0 Å². The molecular formula is C20H21ClN2O3S2. The third-order valence-corrected chi connectivity index (χ3v) is 7.67. The lowest BCUT2D eigenvalue weighted by molar-refractivity contribution is -0.119. The molecule has 1 saturated carbocycles. The number of nitrogens with one attached hydrogen (secondary N) is 1. The van der Waals surface area contributed by atoms with Crippen molar-refractivity contribution in [2.75, 3.05) is 11.4 Å². The first-order valence-corrected chi connectivity index (χ1v) is 11.9. The fourth-order valence-corrected chi connectivity index (χ4v) is 5.46. The van der Waals surface area contributed by atoms with Gasteiger partial charge in [0, 0.05) is 34.2 Å². The van der Waals surface area contributed by atoms with Gasteiger partial charge in [0.1, 0.15) is 0 Å². The molecule has 0 aromatic heterocycles. The molecule has 0 radical (unpaired) electrons. The van der Waals surface area contributed by atoms with Gasteiger partial charge in [-0.2, -0.15) is 0 Å². The van der Waals surface area contributed by atoms with E-state index in [0.29, 0.717) is 17.3 Å². The summed E-state index contributed by atoms with van der Waals surface area (Å²) >= 11 is 7.54. The van der Waals surface area contributed by atoms with Crippen molar-refractivity contribution in [3.63, 3.8) is 0 Å². The monoisotopic (exact) mass is 436 g/mol. The largest absolute Gasteiger partial charge is 0.310 e. The first-order chi connectivity index (χ1) is 13.3. The molecule has 1 atom stereocenters. The summed E-state index contributed by atoms with van der Waals surface area (Å²) in [4.78, 5) is 15.6. The number of benzene rings is 2. The van der Waals surface area contributed by atoms with Gasteiger partial charge in [0.05, 0.1) is 10.6 Å². The number of nitrogens with zero attached hydrogens (tertiary/aromatic N) is 1. The normalized spacial score (nSPS) is 19.4. The number of hydrogen-bond acceptors (Lipinski definition) is 4. The van der Waals surface area contributed by atoms with E-state index in [0.717, 1.165) is 23.3 Å². The number of hydrogen-bond donors (Lipinski definition) is 1. The maximum atomic E-state index is 12.8. The van der Waals surface area contributed by atoms with Crippen LogP contribution in [0.3, 0.4) is 0 Å². The number of fused-ring (bicyclic) bond motifs is 1. The number of carbonyl (C=O) groups is 1. The van der Waals surface area contributed by atoms with E-state index in [2.05, 4.69) is 11.6 Å². The maximum absolute atomic E-state index is 12.8. The average molecular weight is 437 g/mol. The Morgan fingerprint density at radius 3 is 2.61 bits per heavy atom. The first kappa shape index (κ1) is 19.8. The molecule has 148 valence electrons. The van der Waals surface area contributed by atoms with Crippen LogP contribution in [0.2, 0.25) is 5.02 Å². The molecule has 1 aliphatic carbocycles. The van der Waals surface area contributed by atoms with Crippen LogP contribution in [0.15, 0.2) is 52.3 Å². The van der Waals surface area contributed by atoms with E-state index < -0.39 is 10.0 Å². The summed E-state index contributed by atoms with van der Waals surface area (Å²) in [6.45, 7) is 2.86. The zero-order valence-corrected chi connectivity index (χ0v) is 17.8. The van der Waals surface area contributed by atoms with Gasteiger partial charge in [-0.3, -0.25) is 4.79 Å². The molecule has 1 heterocycles. The molecule has 1 fully saturated rings. The van der Waals surface area contributed by atoms with Crippen molar-refractivity contribution in [1.82, 2.24) is 4.72 Å². The Hall–Kier alpha value is -1.54. The molecule has 0 bridgehead atoms. The summed E-state index contributed by atoms with van der Waals surface area (Å²) in [5, 5.41) is 0.883. The summed E-state index contributed by atoms with van der Waals surface area (Å²) in [6, 6.07) is 12.1. The Labute approximate surface area is 174 Å². The van der Waals surface area contributed by atoms with Gasteiger partial charge in [0.2, 0.25) is 15.9 Å². The van der Waals surface area contributed by atoms with Crippen LogP contribution in [0.5, 0.6) is 0 Å². The topological polar surface area (TPSA) is 66.5 Å². The van der Waals surface area contributed by atoms with E-state index in [4.69, 9.17) is 11.6 Å². The zero-order chi connectivity index (χ0) is 19.9. The van der Waals surface area contributed by atoms with Crippen LogP contribution in [-0.4, -0.2) is 26.1 Å². The second-order valence-corrected chi connectivity index (χ2v) is 10.9. The summed E-state index contributed by atoms with van der Waals surface area (Å²) < 4.78 is 28.2. The quantitative estimate of drug-likeness (QED) is 0.767. The lowest BCUT2D eigenvalue weighted by Crippen LogP contribution is -2.39. The summed E-state index contributed by atoms with van der Waals surface area (Å²) in [7, 11) is -3.70. The number of carbonyl (C=O) groups excluding carboxylic acids is 1. The number of thioether (sulfide) groups is 1. The fraction of sp³-hybridized carbons (Fsp3) is 0.350. The summed E-state index contributed by atoms with van der Waals surface area (Å²) in [5.41, 5.74) is 1.52. The third-order valence-electron chi connectivity index (χ3n) is 4.87. The minimum absolute atomic E-state index is 0.0893. The molecule has 1 aliphatic heterocycles. The van der Waals surface area contributed by atoms with Gasteiger partial charge in [-0.1, -0.05) is 30.7 Å². The molecule has 8 heteroatoms. The highest BCUT2D eigenvalue weighted by Crippen LogP contribution is 2.42. The Balaban J connectivity index is 1.58. The van der Waals surface area contributed by atoms with Crippen LogP contribution >= 0.6 is 23.4 Å². The van der Waals surface area contributed by atoms with Gasteiger partial charge in [-0.25, -0.2) is 13.1 Å². The Kier molecular flexibility index (Phi) is 5.44. The van der Waals surface area contributed by atoms with Crippen LogP contribution in [0.25, 0.3) is 0 Å². The molecule has 0 unspecified atom stereocenters. The predicted molar refractivity (Wildman–Crippen MR) is 112 cm³/mol. The number of amides is 1. The van der Waals surface area contributed by atoms with E-state index in [1.54, 1.807) is 59.1 Å². The molecule has 28 heavy (non-hydrogen) atoms. The molecule has 4 rings (SSSR count). The summed E-state index contributed by atoms with van der Waals surface area (Å²) in [5.74, 6) is 0.198. The number of rotatable bonds is 5. The van der Waals surface area contributed by atoms with Crippen LogP contribution in [0.1, 0.15) is 25.3 Å². The van der Waals surface area contributed by atoms with Crippen molar-refractivity contribution in [2.24, 2.45) is 5.92 Å². The standard InChI is InChI=1S/C20H21ClN2O3S2/c1-13-12-23(20(24)15-4-5-15)18-10-17(8-9-19(18)27-13)28(25,26)22-11-14-2-6-16(21)7-3-14/h2-3,6-10,13,15,22H,4-5,11-12H2,1H3/t13-/m0/s1. The predicted octanol–water partition coefficient (Wildman–Crippen LogP) is 4.06. The van der Waals surface area contributed by atoms with Crippen LogP contribution in [0, 0.1) is 5.92 Å². The van der Waals surface area contributed by atoms with Gasteiger partial charge >= 0.3 is 0 Å². The zero-order valence-electron chi connectivity index (χ0n) is 15.4. The Morgan fingerprint density at radius 1 is 1.21 bits per heavy atom. The Morgan fingerprint density at radius 2 is 1.93 bits per heavy atom. The SMILES string of the molecule is C[C@H]1CN(C(=O)C2CC2)c2cc(S(=O)(=O)NCc3ccc(Cl)cc3)ccc2S1. The van der Waals surface area contributed by atoms with Gasteiger partial charge in [0.15, 0.2) is 0 Å². The van der Waals surface area contributed by atoms with E-state index in [9.17, 15) is 13.2 Å². The smallest absolute Gasteiger partial charge is 0.240 e. The number of sulfonamides is 1. The van der Waals surface area contributed by atoms with E-state index in [-0.39, 0.29) is 28.5 Å². The second kappa shape index (κ2) is 7.71. The highest BCUT2D eigenvalue weighted by Gasteiger charge is 2.37. The molecule has 1 N–H and O–H groups in total. The maximum Gasteiger partial charge on any atom is 0.240 e. The van der Waals surface area contributed by atoms with Crippen molar-refractivity contribution >= 4 is 45.0 Å². The minimum atomic E-state index is -3.70. The third kappa shape index (κ3) is 4.22. The van der Waals surface area contributed by atoms with Crippen LogP contribution < -0.4 is 9.62 Å². The summed E-state index contributed by atoms with van der Waals surface area (Å²) in [6.07, 6.45) is 1.85. The molecule has 0 saturated heterocycles. The van der Waals surface area contributed by atoms with Gasteiger partial charge < -0.3 is 4.90 Å². The van der Waals surface area contributed by atoms with Crippen molar-refractivity contribution in [1.29, 1.82) is 0 Å². The van der Waals surface area contributed by atoms with Crippen molar-refractivity contribution in [3.8, 4) is 0 Å². The lowest BCUT2D eigenvalue weighted by atomic mass is 10.2. The van der Waals surface area contributed by atoms with E-state index >= 15 is 0 Å². The molecule has 1 amide bonds. The molecule has 5 nitrogen and oxygen atoms in total. The highest BCUT2D eigenvalue weighted by molar-refractivity contribution is 8.00. The first-order valence-electron chi connectivity index (χ1n) is 9.20. The number of halogens is 1. The molecule has 2 aromatic rings. The Bertz CT molecular complexity index is 1000. The highest BCUT2D eigenvalue weighted by atomic mass is 35.5. The van der Waals surface area contributed by atoms with E-state index in [1.807, 2.05) is 0 Å². The van der Waals surface area contributed by atoms with Gasteiger partial charge in [-0.15, -0.1) is 11.8 Å². The number of anilines is 1.